The lowest BCUT2D eigenvalue weighted by Gasteiger charge is -1.79. The quantitative estimate of drug-likeness (QED) is 0.304. The van der Waals surface area contributed by atoms with Gasteiger partial charge >= 0.3 is 10.5 Å². The molecule has 0 radical (unpaired) electrons. The van der Waals surface area contributed by atoms with Gasteiger partial charge in [0.25, 0.3) is 0 Å². The average Bonchev–Trinajstić information content (AvgIpc) is 1.30. The summed E-state index contributed by atoms with van der Waals surface area (Å²) in [6.07, 6.45) is 0. The molecule has 7 heavy (non-hydrogen) atoms. The van der Waals surface area contributed by atoms with Crippen molar-refractivity contribution in [1.29, 1.82) is 0 Å². The van der Waals surface area contributed by atoms with Crippen molar-refractivity contribution in [2.45, 2.75) is 0 Å². The molecule has 0 aliphatic rings. The molecule has 0 N–H and O–H groups in total. The highest BCUT2D eigenvalue weighted by atomic mass is 32.3. The minimum absolute atomic E-state index is 1.94. The second kappa shape index (κ2) is 2.15. The number of hydrogen-bond acceptors (Lipinski definition) is 4. The van der Waals surface area contributed by atoms with Crippen LogP contribution in [0.1, 0.15) is 0 Å². The molecule has 0 aromatic rings. The molecule has 0 bridgehead atoms. The van der Waals surface area contributed by atoms with E-state index in [1.807, 2.05) is 5.09 Å². The summed E-state index contributed by atoms with van der Waals surface area (Å²) >= 11 is 0. The Bertz CT molecular complexity index is 123. The Morgan fingerprint density at radius 2 is 1.86 bits per heavy atom. The zero-order valence-corrected chi connectivity index (χ0v) is 3.61. The molecule has 0 spiro atoms. The summed E-state index contributed by atoms with van der Waals surface area (Å²) in [6, 6.07) is 0. The Hall–Kier alpha value is -0.270. The summed E-state index contributed by atoms with van der Waals surface area (Å²) in [7, 11) is -5.27. The summed E-state index contributed by atoms with van der Waals surface area (Å²) in [5.41, 5.74) is 0. The fourth-order valence-electron chi connectivity index (χ4n) is 0.0307. The van der Waals surface area contributed by atoms with Crippen LogP contribution in [0, 0.1) is 0 Å². The second-order valence-corrected chi connectivity index (χ2v) is 1.45. The Labute approximate surface area is 37.9 Å². The molecule has 0 aromatic carbocycles. The summed E-state index contributed by atoms with van der Waals surface area (Å²) in [5.74, 6) is 0. The van der Waals surface area contributed by atoms with Crippen LogP contribution in [0.5, 0.6) is 0 Å². The molecule has 0 aromatic heterocycles. The smallest absolute Gasteiger partial charge is 0.162 e. The molecule has 0 unspecified atom stereocenters. The molecule has 0 rings (SSSR count). The molecule has 7 heteroatoms. The van der Waals surface area contributed by atoms with Gasteiger partial charge in [0.1, 0.15) is 0 Å². The third-order valence-corrected chi connectivity index (χ3v) is 0.321. The monoisotopic (exact) mass is 134 g/mol. The summed E-state index contributed by atoms with van der Waals surface area (Å²) in [5, 5.41) is 1.94. The van der Waals surface area contributed by atoms with Crippen molar-refractivity contribution >= 4 is 10.5 Å². The van der Waals surface area contributed by atoms with E-state index in [1.54, 1.807) is 0 Å². The fraction of sp³-hybridized carbons (Fsp3) is 0. The van der Waals surface area contributed by atoms with Crippen LogP contribution in [-0.2, 0) is 19.9 Å². The molecule has 0 heterocycles. The van der Waals surface area contributed by atoms with E-state index in [4.69, 9.17) is 8.42 Å². The maximum absolute atomic E-state index is 10.8. The Balaban J connectivity index is 3.60. The van der Waals surface area contributed by atoms with E-state index in [0.717, 1.165) is 0 Å². The van der Waals surface area contributed by atoms with Crippen LogP contribution < -0.4 is 0 Å². The molecule has 0 saturated heterocycles. The van der Waals surface area contributed by atoms with Gasteiger partial charge in [0.05, 0.1) is 0 Å². The molecular formula is F2O4S. The number of rotatable bonds is 2. The van der Waals surface area contributed by atoms with Gasteiger partial charge in [0, 0.05) is 0 Å². The molecule has 0 aliphatic carbocycles. The largest absolute Gasteiger partial charge is 0.467 e. The van der Waals surface area contributed by atoms with Gasteiger partial charge in [-0.05, 0) is 14.0 Å². The second-order valence-electron chi connectivity index (χ2n) is 0.524. The van der Waals surface area contributed by atoms with Gasteiger partial charge < -0.3 is 0 Å². The highest BCUT2D eigenvalue weighted by Crippen LogP contribution is 1.92. The van der Waals surface area contributed by atoms with Crippen LogP contribution in [0.3, 0.4) is 0 Å². The van der Waals surface area contributed by atoms with Gasteiger partial charge in [-0.2, -0.15) is 8.42 Å². The first-order valence-corrected chi connectivity index (χ1v) is 2.28. The minimum atomic E-state index is -5.27. The van der Waals surface area contributed by atoms with Crippen molar-refractivity contribution in [2.75, 3.05) is 0 Å². The van der Waals surface area contributed by atoms with E-state index < -0.39 is 10.5 Å². The third-order valence-electron chi connectivity index (χ3n) is 0.107. The zero-order chi connectivity index (χ0) is 5.91. The SMILES string of the molecule is O=S(=O)(F)OOF. The summed E-state index contributed by atoms with van der Waals surface area (Å²) in [6.45, 7) is 0. The van der Waals surface area contributed by atoms with E-state index in [1.165, 1.54) is 0 Å². The fourth-order valence-corrected chi connectivity index (χ4v) is 0.0922. The lowest BCUT2D eigenvalue weighted by Crippen LogP contribution is -1.92. The van der Waals surface area contributed by atoms with Gasteiger partial charge in [-0.1, -0.05) is 3.89 Å². The zero-order valence-electron chi connectivity index (χ0n) is 2.80. The molecule has 4 nitrogen and oxygen atoms in total. The summed E-state index contributed by atoms with van der Waals surface area (Å²) < 4.78 is 41.2. The van der Waals surface area contributed by atoms with Gasteiger partial charge in [-0.15, -0.1) is 0 Å². The lowest BCUT2D eigenvalue weighted by molar-refractivity contribution is -0.367. The lowest BCUT2D eigenvalue weighted by atomic mass is 14.8. The normalized spacial score (nSPS) is 11.7. The van der Waals surface area contributed by atoms with E-state index in [0.29, 0.717) is 0 Å². The Morgan fingerprint density at radius 1 is 1.43 bits per heavy atom. The average molecular weight is 134 g/mol. The highest BCUT2D eigenvalue weighted by molar-refractivity contribution is 7.81. The van der Waals surface area contributed by atoms with Crippen LogP contribution in [-0.4, -0.2) is 8.42 Å². The standard InChI is InChI=1S/F2O4S/c1-5-6-7(2,3)4. The van der Waals surface area contributed by atoms with Crippen molar-refractivity contribution in [3.8, 4) is 0 Å². The van der Waals surface area contributed by atoms with Crippen LogP contribution in [0.15, 0.2) is 0 Å². The predicted molar refractivity (Wildman–Crippen MR) is 13.3 cm³/mol. The van der Waals surface area contributed by atoms with Gasteiger partial charge in [-0.3, -0.25) is 0 Å². The first-order valence-electron chi connectivity index (χ1n) is 0.975. The van der Waals surface area contributed by atoms with Crippen molar-refractivity contribution in [1.82, 2.24) is 0 Å². The van der Waals surface area contributed by atoms with Gasteiger partial charge in [0.15, 0.2) is 0 Å². The van der Waals surface area contributed by atoms with Crippen molar-refractivity contribution in [3.63, 3.8) is 0 Å². The van der Waals surface area contributed by atoms with Crippen molar-refractivity contribution in [2.24, 2.45) is 0 Å². The number of hydrogen-bond donors (Lipinski definition) is 0. The first kappa shape index (κ1) is 6.73. The molecule has 0 aliphatic heterocycles. The first-order chi connectivity index (χ1) is 3.06. The molecule has 0 fully saturated rings. The Morgan fingerprint density at radius 3 is 1.86 bits per heavy atom. The molecule has 0 amide bonds. The van der Waals surface area contributed by atoms with Crippen molar-refractivity contribution in [3.05, 3.63) is 0 Å². The van der Waals surface area contributed by atoms with E-state index in [9.17, 15) is 8.41 Å². The third kappa shape index (κ3) is 5.73. The maximum Gasteiger partial charge on any atom is 0.467 e. The van der Waals surface area contributed by atoms with E-state index >= 15 is 0 Å². The van der Waals surface area contributed by atoms with Crippen LogP contribution in [0.4, 0.5) is 8.41 Å². The minimum Gasteiger partial charge on any atom is -0.162 e. The van der Waals surface area contributed by atoms with Crippen LogP contribution >= 0.6 is 0 Å². The van der Waals surface area contributed by atoms with Crippen molar-refractivity contribution < 1.29 is 26.3 Å². The molecular weight excluding hydrogens is 134 g/mol. The van der Waals surface area contributed by atoms with Gasteiger partial charge in [-0.25, -0.2) is 0 Å². The van der Waals surface area contributed by atoms with E-state index in [-0.39, 0.29) is 0 Å². The molecule has 0 atom stereocenters. The maximum atomic E-state index is 10.8. The number of halogens is 2. The Kier molecular flexibility index (Phi) is 2.06. The summed E-state index contributed by atoms with van der Waals surface area (Å²) in [4.78, 5) is 0. The molecule has 44 valence electrons. The molecule has 0 saturated carbocycles. The van der Waals surface area contributed by atoms with E-state index in [2.05, 4.69) is 4.33 Å². The van der Waals surface area contributed by atoms with Crippen LogP contribution in [0.25, 0.3) is 0 Å². The topological polar surface area (TPSA) is 52.6 Å². The predicted octanol–water partition coefficient (Wildman–Crippen LogP) is 0.0334. The van der Waals surface area contributed by atoms with Gasteiger partial charge in [0.2, 0.25) is 0 Å². The highest BCUT2D eigenvalue weighted by Gasteiger charge is 2.06. The van der Waals surface area contributed by atoms with Crippen LogP contribution in [0.2, 0.25) is 0 Å².